The molecule has 3 unspecified atom stereocenters. The van der Waals surface area contributed by atoms with Gasteiger partial charge >= 0.3 is 0 Å². The van der Waals surface area contributed by atoms with E-state index >= 15 is 0 Å². The summed E-state index contributed by atoms with van der Waals surface area (Å²) in [4.78, 5) is 0. The van der Waals surface area contributed by atoms with Gasteiger partial charge < -0.3 is 5.32 Å². The van der Waals surface area contributed by atoms with Gasteiger partial charge in [-0.3, -0.25) is 0 Å². The van der Waals surface area contributed by atoms with Crippen LogP contribution >= 0.6 is 15.9 Å². The van der Waals surface area contributed by atoms with Crippen molar-refractivity contribution < 1.29 is 0 Å². The highest BCUT2D eigenvalue weighted by Gasteiger charge is 2.28. The maximum Gasteiger partial charge on any atom is 0.0349 e. The Morgan fingerprint density at radius 2 is 2.15 bits per heavy atom. The van der Waals surface area contributed by atoms with E-state index in [1.807, 2.05) is 0 Å². The van der Waals surface area contributed by atoms with Crippen molar-refractivity contribution in [2.75, 3.05) is 6.54 Å². The average molecular weight is 338 g/mol. The van der Waals surface area contributed by atoms with E-state index in [1.54, 1.807) is 0 Å². The molecule has 1 nitrogen and oxygen atoms in total. The van der Waals surface area contributed by atoms with Crippen LogP contribution in [0, 0.1) is 11.8 Å². The molecule has 0 saturated heterocycles. The minimum Gasteiger partial charge on any atom is -0.310 e. The zero-order valence-corrected chi connectivity index (χ0v) is 14.5. The van der Waals surface area contributed by atoms with Gasteiger partial charge in [0.15, 0.2) is 0 Å². The Kier molecular flexibility index (Phi) is 6.57. The van der Waals surface area contributed by atoms with Gasteiger partial charge in [-0.25, -0.2) is 0 Å². The van der Waals surface area contributed by atoms with Crippen LogP contribution in [0.15, 0.2) is 28.7 Å². The molecule has 1 aliphatic carbocycles. The van der Waals surface area contributed by atoms with Crippen molar-refractivity contribution in [2.24, 2.45) is 11.8 Å². The largest absolute Gasteiger partial charge is 0.310 e. The third-order valence-electron chi connectivity index (χ3n) is 4.69. The Morgan fingerprint density at radius 1 is 1.30 bits per heavy atom. The van der Waals surface area contributed by atoms with Gasteiger partial charge in [-0.2, -0.15) is 0 Å². The first-order valence-corrected chi connectivity index (χ1v) is 9.02. The van der Waals surface area contributed by atoms with Crippen LogP contribution in [-0.2, 0) is 0 Å². The van der Waals surface area contributed by atoms with E-state index in [4.69, 9.17) is 0 Å². The Balaban J connectivity index is 2.14. The van der Waals surface area contributed by atoms with Gasteiger partial charge in [-0.05, 0) is 55.3 Å². The van der Waals surface area contributed by atoms with Crippen molar-refractivity contribution in [3.8, 4) is 0 Å². The monoisotopic (exact) mass is 337 g/mol. The fourth-order valence-corrected chi connectivity index (χ4v) is 3.98. The smallest absolute Gasteiger partial charge is 0.0349 e. The normalized spacial score (nSPS) is 24.6. The molecule has 1 aromatic carbocycles. The maximum absolute atomic E-state index is 3.81. The summed E-state index contributed by atoms with van der Waals surface area (Å²) in [5, 5.41) is 3.81. The van der Waals surface area contributed by atoms with Gasteiger partial charge in [0.05, 0.1) is 0 Å². The van der Waals surface area contributed by atoms with Gasteiger partial charge in [0, 0.05) is 10.5 Å². The van der Waals surface area contributed by atoms with Gasteiger partial charge in [-0.1, -0.05) is 61.2 Å². The summed E-state index contributed by atoms with van der Waals surface area (Å²) >= 11 is 3.62. The lowest BCUT2D eigenvalue weighted by Crippen LogP contribution is -2.32. The lowest BCUT2D eigenvalue weighted by atomic mass is 9.75. The third-order valence-corrected chi connectivity index (χ3v) is 5.19. The lowest BCUT2D eigenvalue weighted by Gasteiger charge is -2.35. The van der Waals surface area contributed by atoms with Crippen LogP contribution in [0.5, 0.6) is 0 Å². The topological polar surface area (TPSA) is 12.0 Å². The summed E-state index contributed by atoms with van der Waals surface area (Å²) in [6.07, 6.45) is 8.16. The molecule has 0 heterocycles. The minimum absolute atomic E-state index is 0.529. The van der Waals surface area contributed by atoms with Crippen molar-refractivity contribution in [1.82, 2.24) is 5.32 Å². The molecule has 2 rings (SSSR count). The molecule has 1 fully saturated rings. The molecule has 0 bridgehead atoms. The van der Waals surface area contributed by atoms with E-state index in [-0.39, 0.29) is 0 Å². The molecule has 1 saturated carbocycles. The van der Waals surface area contributed by atoms with Gasteiger partial charge in [0.25, 0.3) is 0 Å². The Morgan fingerprint density at radius 3 is 2.85 bits per heavy atom. The van der Waals surface area contributed by atoms with Gasteiger partial charge in [-0.15, -0.1) is 0 Å². The summed E-state index contributed by atoms with van der Waals surface area (Å²) in [6, 6.07) is 9.40. The standard InChI is InChI=1S/C18H28BrN/c1-3-11-20-18(16-9-6-10-17(19)13-16)15-8-5-7-14(4-2)12-15/h6,9-10,13-15,18,20H,3-5,7-8,11-12H2,1-2H3. The van der Waals surface area contributed by atoms with E-state index in [9.17, 15) is 0 Å². The van der Waals surface area contributed by atoms with E-state index < -0.39 is 0 Å². The van der Waals surface area contributed by atoms with Crippen LogP contribution in [0.25, 0.3) is 0 Å². The highest BCUT2D eigenvalue weighted by molar-refractivity contribution is 9.10. The molecule has 0 radical (unpaired) electrons. The molecule has 112 valence electrons. The summed E-state index contributed by atoms with van der Waals surface area (Å²) in [7, 11) is 0. The molecule has 2 heteroatoms. The number of rotatable bonds is 6. The van der Waals surface area contributed by atoms with Gasteiger partial charge in [0.2, 0.25) is 0 Å². The molecule has 0 amide bonds. The lowest BCUT2D eigenvalue weighted by molar-refractivity contribution is 0.209. The number of nitrogens with one attached hydrogen (secondary N) is 1. The van der Waals surface area contributed by atoms with Crippen molar-refractivity contribution in [3.63, 3.8) is 0 Å². The van der Waals surface area contributed by atoms with Gasteiger partial charge in [0.1, 0.15) is 0 Å². The van der Waals surface area contributed by atoms with Crippen molar-refractivity contribution in [2.45, 2.75) is 58.4 Å². The summed E-state index contributed by atoms with van der Waals surface area (Å²) < 4.78 is 1.20. The van der Waals surface area contributed by atoms with E-state index in [0.717, 1.165) is 18.4 Å². The van der Waals surface area contributed by atoms with Crippen molar-refractivity contribution in [3.05, 3.63) is 34.3 Å². The van der Waals surface area contributed by atoms with E-state index in [2.05, 4.69) is 59.4 Å². The maximum atomic E-state index is 3.81. The zero-order valence-electron chi connectivity index (χ0n) is 12.9. The number of hydrogen-bond acceptors (Lipinski definition) is 1. The fraction of sp³-hybridized carbons (Fsp3) is 0.667. The second kappa shape index (κ2) is 8.19. The molecule has 20 heavy (non-hydrogen) atoms. The first kappa shape index (κ1) is 16.0. The van der Waals surface area contributed by atoms with Crippen LogP contribution in [0.4, 0.5) is 0 Å². The molecule has 0 aromatic heterocycles. The second-order valence-corrected chi connectivity index (χ2v) is 7.10. The molecule has 3 atom stereocenters. The van der Waals surface area contributed by atoms with Crippen LogP contribution < -0.4 is 5.32 Å². The minimum atomic E-state index is 0.529. The summed E-state index contributed by atoms with van der Waals surface area (Å²) in [6.45, 7) is 5.71. The third kappa shape index (κ3) is 4.33. The van der Waals surface area contributed by atoms with Crippen molar-refractivity contribution >= 4 is 15.9 Å². The van der Waals surface area contributed by atoms with E-state index in [1.165, 1.54) is 48.6 Å². The molecule has 1 aromatic rings. The first-order valence-electron chi connectivity index (χ1n) is 8.23. The number of hydrogen-bond donors (Lipinski definition) is 1. The molecule has 1 aliphatic rings. The highest BCUT2D eigenvalue weighted by atomic mass is 79.9. The predicted molar refractivity (Wildman–Crippen MR) is 90.9 cm³/mol. The molecule has 0 spiro atoms. The Bertz CT molecular complexity index is 404. The summed E-state index contributed by atoms with van der Waals surface area (Å²) in [5.41, 5.74) is 1.45. The quantitative estimate of drug-likeness (QED) is 0.701. The predicted octanol–water partition coefficient (Wildman–Crippen LogP) is 5.71. The van der Waals surface area contributed by atoms with Crippen LogP contribution in [0.3, 0.4) is 0 Å². The Labute approximate surface area is 132 Å². The highest BCUT2D eigenvalue weighted by Crippen LogP contribution is 2.38. The SMILES string of the molecule is CCCNC(c1cccc(Br)c1)C1CCCC(CC)C1. The molecule has 1 N–H and O–H groups in total. The average Bonchev–Trinajstić information content (AvgIpc) is 2.48. The molecule has 0 aliphatic heterocycles. The molecular formula is C18H28BrN. The Hall–Kier alpha value is -0.340. The van der Waals surface area contributed by atoms with Crippen molar-refractivity contribution in [1.29, 1.82) is 0 Å². The fourth-order valence-electron chi connectivity index (χ4n) is 3.56. The van der Waals surface area contributed by atoms with Crippen LogP contribution in [0.1, 0.15) is 64.0 Å². The van der Waals surface area contributed by atoms with Crippen LogP contribution in [0.2, 0.25) is 0 Å². The molecular weight excluding hydrogens is 310 g/mol. The number of benzene rings is 1. The summed E-state index contributed by atoms with van der Waals surface area (Å²) in [5.74, 6) is 1.74. The zero-order chi connectivity index (χ0) is 14.4. The van der Waals surface area contributed by atoms with Crippen LogP contribution in [-0.4, -0.2) is 6.54 Å². The number of halogens is 1. The van der Waals surface area contributed by atoms with E-state index in [0.29, 0.717) is 6.04 Å². The first-order chi connectivity index (χ1) is 9.74. The second-order valence-electron chi connectivity index (χ2n) is 6.19.